The van der Waals surface area contributed by atoms with Gasteiger partial charge in [0.2, 0.25) is 5.82 Å². The van der Waals surface area contributed by atoms with E-state index in [2.05, 4.69) is 32.1 Å². The van der Waals surface area contributed by atoms with Crippen molar-refractivity contribution in [2.45, 2.75) is 77.1 Å². The molecule has 0 spiro atoms. The van der Waals surface area contributed by atoms with Crippen LogP contribution >= 0.6 is 0 Å². The molecule has 0 saturated carbocycles. The van der Waals surface area contributed by atoms with E-state index in [-0.39, 0.29) is 28.9 Å². The lowest BCUT2D eigenvalue weighted by Gasteiger charge is -2.32. The maximum Gasteiger partial charge on any atom is 0.410 e. The number of carbonyl (C=O) groups excluding carboxylic acids is 2. The van der Waals surface area contributed by atoms with E-state index in [4.69, 9.17) is 15.2 Å². The van der Waals surface area contributed by atoms with Crippen LogP contribution in [0, 0.1) is 17.8 Å². The minimum Gasteiger partial charge on any atom is -0.444 e. The molecule has 2 saturated heterocycles. The van der Waals surface area contributed by atoms with Gasteiger partial charge in [0, 0.05) is 26.1 Å². The summed E-state index contributed by atoms with van der Waals surface area (Å²) in [6.07, 6.45) is -1.86. The summed E-state index contributed by atoms with van der Waals surface area (Å²) in [5, 5.41) is 23.5. The zero-order chi connectivity index (χ0) is 27.6. The number of amides is 2. The van der Waals surface area contributed by atoms with Crippen LogP contribution in [0.15, 0.2) is 6.33 Å². The lowest BCUT2D eigenvalue weighted by molar-refractivity contribution is -0.137. The van der Waals surface area contributed by atoms with Gasteiger partial charge in [-0.15, -0.1) is 0 Å². The van der Waals surface area contributed by atoms with Gasteiger partial charge < -0.3 is 35.6 Å². The molecule has 13 heteroatoms. The third kappa shape index (κ3) is 5.98. The summed E-state index contributed by atoms with van der Waals surface area (Å²) in [5.74, 6) is 6.14. The zero-order valence-electron chi connectivity index (χ0n) is 22.0. The van der Waals surface area contributed by atoms with E-state index in [1.807, 2.05) is 20.8 Å². The number of hydrogen-bond acceptors (Lipinski definition) is 10. The predicted molar refractivity (Wildman–Crippen MR) is 136 cm³/mol. The fourth-order valence-corrected chi connectivity index (χ4v) is 4.48. The maximum atomic E-state index is 12.3. The van der Waals surface area contributed by atoms with Crippen molar-refractivity contribution in [3.8, 4) is 11.8 Å². The number of nitrogens with zero attached hydrogens (tertiary/aromatic N) is 5. The molecule has 2 unspecified atom stereocenters. The highest BCUT2D eigenvalue weighted by Gasteiger charge is 2.47. The van der Waals surface area contributed by atoms with Crippen LogP contribution in [-0.4, -0.2) is 90.2 Å². The molecule has 2 aliphatic heterocycles. The molecule has 2 fully saturated rings. The Hall–Kier alpha value is -3.47. The van der Waals surface area contributed by atoms with Gasteiger partial charge in [-0.2, -0.15) is 0 Å². The summed E-state index contributed by atoms with van der Waals surface area (Å²) >= 11 is 0. The lowest BCUT2D eigenvalue weighted by atomic mass is 9.94. The highest BCUT2D eigenvalue weighted by atomic mass is 16.6. The number of likely N-dealkylation sites (N-methyl/N-ethyl adjacent to an activating group) is 1. The Balaban J connectivity index is 1.43. The van der Waals surface area contributed by atoms with Crippen molar-refractivity contribution in [3.63, 3.8) is 0 Å². The van der Waals surface area contributed by atoms with E-state index >= 15 is 0 Å². The number of ether oxygens (including phenoxy) is 2. The molecule has 0 radical (unpaired) electrons. The van der Waals surface area contributed by atoms with Crippen molar-refractivity contribution in [3.05, 3.63) is 12.2 Å². The average molecular weight is 530 g/mol. The van der Waals surface area contributed by atoms with Crippen LogP contribution in [0.3, 0.4) is 0 Å². The van der Waals surface area contributed by atoms with Gasteiger partial charge in [0.15, 0.2) is 23.8 Å². The first-order valence-electron chi connectivity index (χ1n) is 12.7. The SMILES string of the molecule is CCNC(=O)[C@H]1O[C@@H](n2cnc3c(N)nc(C#CCC4CCN(C(=O)OC(C)(C)C)CC4)nc32)C(O)C1O. The first-order chi connectivity index (χ1) is 18.0. The van der Waals surface area contributed by atoms with Crippen LogP contribution in [0.4, 0.5) is 10.6 Å². The molecular weight excluding hydrogens is 494 g/mol. The van der Waals surface area contributed by atoms with Crippen molar-refractivity contribution < 1.29 is 29.3 Å². The number of aliphatic hydroxyl groups excluding tert-OH is 2. The molecule has 4 atom stereocenters. The van der Waals surface area contributed by atoms with Gasteiger partial charge in [-0.25, -0.2) is 19.7 Å². The average Bonchev–Trinajstić information content (AvgIpc) is 3.40. The lowest BCUT2D eigenvalue weighted by Crippen LogP contribution is -2.42. The highest BCUT2D eigenvalue weighted by Crippen LogP contribution is 2.32. The second-order valence-corrected chi connectivity index (χ2v) is 10.5. The van der Waals surface area contributed by atoms with Gasteiger partial charge in [-0.1, -0.05) is 5.92 Å². The number of hydrogen-bond donors (Lipinski definition) is 4. The fraction of sp³-hybridized carbons (Fsp3) is 0.640. The van der Waals surface area contributed by atoms with Crippen LogP contribution in [-0.2, 0) is 14.3 Å². The summed E-state index contributed by atoms with van der Waals surface area (Å²) < 4.78 is 12.5. The van der Waals surface area contributed by atoms with Crippen LogP contribution < -0.4 is 11.1 Å². The van der Waals surface area contributed by atoms with Crippen molar-refractivity contribution >= 4 is 29.0 Å². The zero-order valence-corrected chi connectivity index (χ0v) is 22.0. The molecule has 0 aromatic carbocycles. The van der Waals surface area contributed by atoms with E-state index in [9.17, 15) is 19.8 Å². The second-order valence-electron chi connectivity index (χ2n) is 10.5. The van der Waals surface area contributed by atoms with Crippen LogP contribution in [0.2, 0.25) is 0 Å². The Morgan fingerprint density at radius 1 is 1.24 bits per heavy atom. The first-order valence-corrected chi connectivity index (χ1v) is 12.7. The number of aliphatic hydroxyl groups is 2. The Bertz CT molecular complexity index is 1240. The monoisotopic (exact) mass is 529 g/mol. The van der Waals surface area contributed by atoms with Gasteiger partial charge in [-0.05, 0) is 52.4 Å². The summed E-state index contributed by atoms with van der Waals surface area (Å²) in [4.78, 5) is 39.1. The number of nitrogens with two attached hydrogens (primary N) is 1. The van der Waals surface area contributed by atoms with Crippen LogP contribution in [0.1, 0.15) is 59.0 Å². The third-order valence-electron chi connectivity index (χ3n) is 6.43. The Labute approximate surface area is 220 Å². The smallest absolute Gasteiger partial charge is 0.410 e. The van der Waals surface area contributed by atoms with Crippen molar-refractivity contribution in [2.75, 3.05) is 25.4 Å². The number of nitrogens with one attached hydrogen (secondary N) is 1. The Kier molecular flexibility index (Phi) is 8.05. The molecular formula is C25H35N7O6. The molecule has 4 rings (SSSR count). The largest absolute Gasteiger partial charge is 0.444 e. The minimum absolute atomic E-state index is 0.108. The van der Waals surface area contributed by atoms with Gasteiger partial charge in [0.05, 0.1) is 6.33 Å². The topological polar surface area (TPSA) is 178 Å². The first kappa shape index (κ1) is 27.6. The van der Waals surface area contributed by atoms with Crippen molar-refractivity contribution in [1.82, 2.24) is 29.7 Å². The van der Waals surface area contributed by atoms with E-state index < -0.39 is 36.0 Å². The van der Waals surface area contributed by atoms with Gasteiger partial charge in [0.1, 0.15) is 23.3 Å². The molecule has 4 heterocycles. The number of anilines is 1. The molecule has 206 valence electrons. The van der Waals surface area contributed by atoms with Crippen molar-refractivity contribution in [1.29, 1.82) is 0 Å². The van der Waals surface area contributed by atoms with E-state index in [1.54, 1.807) is 11.8 Å². The number of rotatable bonds is 4. The molecule has 2 aromatic heterocycles. The number of carbonyl (C=O) groups is 2. The maximum absolute atomic E-state index is 12.3. The molecule has 2 amide bonds. The second kappa shape index (κ2) is 11.1. The van der Waals surface area contributed by atoms with Crippen LogP contribution in [0.25, 0.3) is 11.2 Å². The molecule has 38 heavy (non-hydrogen) atoms. The van der Waals surface area contributed by atoms with E-state index in [1.165, 1.54) is 10.9 Å². The molecule has 2 aromatic rings. The summed E-state index contributed by atoms with van der Waals surface area (Å²) in [6.45, 7) is 8.87. The normalized spacial score (nSPS) is 24.2. The van der Waals surface area contributed by atoms with E-state index in [0.717, 1.165) is 12.8 Å². The number of piperidine rings is 1. The van der Waals surface area contributed by atoms with Gasteiger partial charge in [-0.3, -0.25) is 9.36 Å². The molecule has 0 bridgehead atoms. The quantitative estimate of drug-likeness (QED) is 0.409. The fourth-order valence-electron chi connectivity index (χ4n) is 4.48. The van der Waals surface area contributed by atoms with E-state index in [0.29, 0.717) is 32.0 Å². The molecule has 13 nitrogen and oxygen atoms in total. The molecule has 0 aliphatic carbocycles. The minimum atomic E-state index is -1.43. The Morgan fingerprint density at radius 2 is 1.95 bits per heavy atom. The molecule has 5 N–H and O–H groups in total. The van der Waals surface area contributed by atoms with Crippen molar-refractivity contribution in [2.24, 2.45) is 5.92 Å². The number of fused-ring (bicyclic) bond motifs is 1. The number of aromatic nitrogens is 4. The summed E-state index contributed by atoms with van der Waals surface area (Å²) in [5.41, 5.74) is 6.12. The summed E-state index contributed by atoms with van der Waals surface area (Å²) in [6, 6.07) is 0. The summed E-state index contributed by atoms with van der Waals surface area (Å²) in [7, 11) is 0. The number of nitrogen functional groups attached to an aromatic ring is 1. The highest BCUT2D eigenvalue weighted by molar-refractivity contribution is 5.83. The molecule has 2 aliphatic rings. The number of likely N-dealkylation sites (tertiary alicyclic amines) is 1. The third-order valence-corrected chi connectivity index (χ3v) is 6.43. The number of imidazole rings is 1. The predicted octanol–water partition coefficient (Wildman–Crippen LogP) is 0.553. The van der Waals surface area contributed by atoms with Crippen LogP contribution in [0.5, 0.6) is 0 Å². The van der Waals surface area contributed by atoms with Gasteiger partial charge >= 0.3 is 6.09 Å². The standard InChI is InChI=1S/C25H35N7O6/c1-5-27-22(35)19-17(33)18(34)23(37-19)32-13-28-16-20(26)29-15(30-21(16)32)8-6-7-14-9-11-31(12-10-14)24(36)38-25(2,3)4/h13-14,17-19,23,33-34H,5,7,9-12H2,1-4H3,(H,27,35)(H2,26,29,30)/t17?,18?,19-,23+/m0/s1. The van der Waals surface area contributed by atoms with Gasteiger partial charge in [0.25, 0.3) is 5.91 Å². The Morgan fingerprint density at radius 3 is 2.61 bits per heavy atom.